The number of para-hydroxylation sites is 1. The predicted octanol–water partition coefficient (Wildman–Crippen LogP) is 4.27. The van der Waals surface area contributed by atoms with E-state index in [4.69, 9.17) is 4.74 Å². The number of rotatable bonds is 3. The molecule has 1 aliphatic rings. The van der Waals surface area contributed by atoms with E-state index < -0.39 is 40.9 Å². The van der Waals surface area contributed by atoms with Crippen LogP contribution in [0.5, 0.6) is 5.75 Å². The summed E-state index contributed by atoms with van der Waals surface area (Å²) in [5.41, 5.74) is 1.12. The fraction of sp³-hybridized carbons (Fsp3) is 0.250. The van der Waals surface area contributed by atoms with Crippen LogP contribution in [0.2, 0.25) is 0 Å². The smallest absolute Gasteiger partial charge is 0.250 e. The zero-order valence-corrected chi connectivity index (χ0v) is 14.9. The van der Waals surface area contributed by atoms with Crippen molar-refractivity contribution in [3.05, 3.63) is 69.8 Å². The zero-order chi connectivity index (χ0) is 20.7. The molecule has 1 aromatic heterocycles. The Balaban J connectivity index is 1.54. The van der Waals surface area contributed by atoms with Gasteiger partial charge in [0, 0.05) is 37.4 Å². The molecule has 152 valence electrons. The number of H-pyrrole nitrogens is 1. The molecule has 0 bridgehead atoms. The van der Waals surface area contributed by atoms with Crippen LogP contribution in [0.4, 0.5) is 27.6 Å². The van der Waals surface area contributed by atoms with E-state index in [2.05, 4.69) is 4.98 Å². The van der Waals surface area contributed by atoms with Crippen molar-refractivity contribution in [1.29, 1.82) is 0 Å². The highest BCUT2D eigenvalue weighted by Gasteiger charge is 2.30. The number of pyridine rings is 1. The summed E-state index contributed by atoms with van der Waals surface area (Å²) < 4.78 is 72.6. The van der Waals surface area contributed by atoms with Gasteiger partial charge in [-0.1, -0.05) is 18.2 Å². The summed E-state index contributed by atoms with van der Waals surface area (Å²) in [6.07, 6.45) is -0.172. The Labute approximate surface area is 161 Å². The first kappa shape index (κ1) is 19.2. The maximum Gasteiger partial charge on any atom is 0.250 e. The normalized spacial score (nSPS) is 15.1. The first-order chi connectivity index (χ1) is 13.9. The maximum absolute atomic E-state index is 13.8. The molecule has 2 aromatic carbocycles. The summed E-state index contributed by atoms with van der Waals surface area (Å²) in [6, 6.07) is 8.74. The average Bonchev–Trinajstić information content (AvgIpc) is 2.74. The molecule has 2 heterocycles. The van der Waals surface area contributed by atoms with Crippen LogP contribution in [0.3, 0.4) is 0 Å². The molecule has 0 spiro atoms. The molecule has 1 saturated heterocycles. The lowest BCUT2D eigenvalue weighted by atomic mass is 10.1. The molecule has 0 radical (unpaired) electrons. The predicted molar refractivity (Wildman–Crippen MR) is 96.7 cm³/mol. The van der Waals surface area contributed by atoms with E-state index in [-0.39, 0.29) is 18.4 Å². The minimum Gasteiger partial charge on any atom is -0.484 e. The summed E-state index contributed by atoms with van der Waals surface area (Å²) in [5, 5.41) is 0.839. The van der Waals surface area contributed by atoms with Crippen molar-refractivity contribution in [1.82, 2.24) is 4.98 Å². The zero-order valence-electron chi connectivity index (χ0n) is 14.9. The van der Waals surface area contributed by atoms with Gasteiger partial charge in [-0.05, 0) is 6.07 Å². The van der Waals surface area contributed by atoms with Gasteiger partial charge >= 0.3 is 0 Å². The summed E-state index contributed by atoms with van der Waals surface area (Å²) in [5.74, 6) is -11.5. The Morgan fingerprint density at radius 2 is 1.48 bits per heavy atom. The third kappa shape index (κ3) is 3.41. The van der Waals surface area contributed by atoms with Crippen LogP contribution in [0.25, 0.3) is 10.9 Å². The van der Waals surface area contributed by atoms with E-state index in [0.29, 0.717) is 24.3 Å². The minimum absolute atomic E-state index is 0.265. The van der Waals surface area contributed by atoms with Gasteiger partial charge in [0.25, 0.3) is 0 Å². The van der Waals surface area contributed by atoms with Crippen LogP contribution in [0.1, 0.15) is 12.8 Å². The highest BCUT2D eigenvalue weighted by atomic mass is 19.2. The number of fused-ring (bicyclic) bond motifs is 1. The maximum atomic E-state index is 13.8. The lowest BCUT2D eigenvalue weighted by Gasteiger charge is -2.34. The van der Waals surface area contributed by atoms with Gasteiger partial charge in [0.1, 0.15) is 6.10 Å². The summed E-state index contributed by atoms with van der Waals surface area (Å²) >= 11 is 0. The number of nitrogens with zero attached hydrogens (tertiary/aromatic N) is 1. The van der Waals surface area contributed by atoms with Crippen LogP contribution in [-0.2, 0) is 0 Å². The summed E-state index contributed by atoms with van der Waals surface area (Å²) in [4.78, 5) is 16.6. The SMILES string of the molecule is O=c1cc(N2CCC(Oc3c(F)c(F)c(F)c(F)c3F)CC2)c2ccccc2[nH]1. The van der Waals surface area contributed by atoms with Crippen molar-refractivity contribution in [2.45, 2.75) is 18.9 Å². The second kappa shape index (κ2) is 7.38. The second-order valence-corrected chi connectivity index (χ2v) is 6.77. The van der Waals surface area contributed by atoms with E-state index in [1.54, 1.807) is 12.1 Å². The van der Waals surface area contributed by atoms with Crippen molar-refractivity contribution in [3.63, 3.8) is 0 Å². The Morgan fingerprint density at radius 3 is 2.14 bits per heavy atom. The molecule has 0 aliphatic carbocycles. The molecule has 1 N–H and O–H groups in total. The highest BCUT2D eigenvalue weighted by molar-refractivity contribution is 5.91. The van der Waals surface area contributed by atoms with E-state index >= 15 is 0 Å². The molecule has 29 heavy (non-hydrogen) atoms. The molecule has 1 aliphatic heterocycles. The third-order valence-electron chi connectivity index (χ3n) is 4.97. The molecule has 0 unspecified atom stereocenters. The van der Waals surface area contributed by atoms with Crippen molar-refractivity contribution in [3.8, 4) is 5.75 Å². The minimum atomic E-state index is -2.22. The monoisotopic (exact) mass is 410 g/mol. The number of nitrogens with one attached hydrogen (secondary N) is 1. The van der Waals surface area contributed by atoms with Gasteiger partial charge in [-0.15, -0.1) is 0 Å². The number of ether oxygens (including phenoxy) is 1. The number of piperidine rings is 1. The van der Waals surface area contributed by atoms with E-state index in [0.717, 1.165) is 5.39 Å². The quantitative estimate of drug-likeness (QED) is 0.399. The molecule has 3 aromatic rings. The largest absolute Gasteiger partial charge is 0.484 e. The number of aromatic amines is 1. The number of hydrogen-bond donors (Lipinski definition) is 1. The third-order valence-corrected chi connectivity index (χ3v) is 4.97. The van der Waals surface area contributed by atoms with Crippen LogP contribution in [-0.4, -0.2) is 24.2 Å². The molecule has 0 amide bonds. The van der Waals surface area contributed by atoms with Gasteiger partial charge < -0.3 is 14.6 Å². The average molecular weight is 410 g/mol. The molecule has 9 heteroatoms. The van der Waals surface area contributed by atoms with Crippen molar-refractivity contribution >= 4 is 16.6 Å². The standard InChI is InChI=1S/C20H15F5N2O2/c21-15-16(22)18(24)20(19(25)17(15)23)29-10-5-7-27(8-6-10)13-9-14(28)26-12-4-2-1-3-11(12)13/h1-4,9-10H,5-8H2,(H,26,28). The van der Waals surface area contributed by atoms with Crippen LogP contribution < -0.4 is 15.2 Å². The van der Waals surface area contributed by atoms with Crippen molar-refractivity contribution in [2.75, 3.05) is 18.0 Å². The summed E-state index contributed by atoms with van der Waals surface area (Å²) in [6.45, 7) is 0.765. The Kier molecular flexibility index (Phi) is 4.89. The molecule has 1 fully saturated rings. The highest BCUT2D eigenvalue weighted by Crippen LogP contribution is 2.32. The second-order valence-electron chi connectivity index (χ2n) is 6.77. The first-order valence-corrected chi connectivity index (χ1v) is 8.92. The Hall–Kier alpha value is -3.10. The molecule has 4 rings (SSSR count). The topological polar surface area (TPSA) is 45.3 Å². The number of aromatic nitrogens is 1. The molecule has 0 saturated carbocycles. The lowest BCUT2D eigenvalue weighted by Crippen LogP contribution is -2.39. The fourth-order valence-electron chi connectivity index (χ4n) is 3.52. The van der Waals surface area contributed by atoms with E-state index in [1.807, 2.05) is 17.0 Å². The van der Waals surface area contributed by atoms with Gasteiger partial charge in [0.15, 0.2) is 5.75 Å². The Morgan fingerprint density at radius 1 is 0.897 bits per heavy atom. The first-order valence-electron chi connectivity index (χ1n) is 8.92. The van der Waals surface area contributed by atoms with E-state index in [9.17, 15) is 26.7 Å². The van der Waals surface area contributed by atoms with Crippen molar-refractivity contribution < 1.29 is 26.7 Å². The van der Waals surface area contributed by atoms with Crippen LogP contribution in [0.15, 0.2) is 35.1 Å². The molecule has 4 nitrogen and oxygen atoms in total. The molecule has 0 atom stereocenters. The molecular weight excluding hydrogens is 395 g/mol. The number of hydrogen-bond acceptors (Lipinski definition) is 3. The van der Waals surface area contributed by atoms with Gasteiger partial charge in [-0.25, -0.2) is 13.2 Å². The van der Waals surface area contributed by atoms with Gasteiger partial charge in [-0.2, -0.15) is 8.78 Å². The van der Waals surface area contributed by atoms with Gasteiger partial charge in [0.2, 0.25) is 34.6 Å². The van der Waals surface area contributed by atoms with Crippen molar-refractivity contribution in [2.24, 2.45) is 0 Å². The fourth-order valence-corrected chi connectivity index (χ4v) is 3.52. The lowest BCUT2D eigenvalue weighted by molar-refractivity contribution is 0.150. The number of halogens is 5. The van der Waals surface area contributed by atoms with Crippen LogP contribution in [0, 0.1) is 29.1 Å². The van der Waals surface area contributed by atoms with Gasteiger partial charge in [0.05, 0.1) is 11.2 Å². The molecular formula is C20H15F5N2O2. The number of anilines is 1. The van der Waals surface area contributed by atoms with Gasteiger partial charge in [-0.3, -0.25) is 4.79 Å². The Bertz CT molecular complexity index is 1110. The summed E-state index contributed by atoms with van der Waals surface area (Å²) in [7, 11) is 0. The van der Waals surface area contributed by atoms with Crippen LogP contribution >= 0.6 is 0 Å². The van der Waals surface area contributed by atoms with E-state index in [1.165, 1.54) is 6.07 Å². The number of benzene rings is 2.